The largest absolute Gasteiger partial charge is 0.497 e. The SMILES string of the molecule is COc1ccc(NC(=O)c2ccc(NC(=S)NCCCN(C)C)cc2)cc1. The summed E-state index contributed by atoms with van der Waals surface area (Å²) in [6.45, 7) is 1.82. The number of hydrogen-bond donors (Lipinski definition) is 3. The quantitative estimate of drug-likeness (QED) is 0.478. The molecular weight excluding hydrogens is 360 g/mol. The van der Waals surface area contributed by atoms with E-state index in [-0.39, 0.29) is 5.91 Å². The Morgan fingerprint density at radius 1 is 1.00 bits per heavy atom. The number of rotatable bonds is 8. The number of methoxy groups -OCH3 is 1. The molecule has 0 aliphatic heterocycles. The molecule has 6 nitrogen and oxygen atoms in total. The molecule has 7 heteroatoms. The third-order valence-electron chi connectivity index (χ3n) is 3.82. The molecule has 0 saturated carbocycles. The average Bonchev–Trinajstić information content (AvgIpc) is 2.66. The van der Waals surface area contributed by atoms with E-state index in [1.807, 2.05) is 26.2 Å². The number of benzene rings is 2. The summed E-state index contributed by atoms with van der Waals surface area (Å²) in [6, 6.07) is 14.4. The summed E-state index contributed by atoms with van der Waals surface area (Å²) in [5.74, 6) is 0.575. The third kappa shape index (κ3) is 7.24. The second-order valence-corrected chi connectivity index (χ2v) is 6.71. The maximum absolute atomic E-state index is 12.3. The predicted octanol–water partition coefficient (Wildman–Crippen LogP) is 3.19. The van der Waals surface area contributed by atoms with E-state index in [0.717, 1.165) is 30.9 Å². The normalized spacial score (nSPS) is 10.4. The second-order valence-electron chi connectivity index (χ2n) is 6.30. The highest BCUT2D eigenvalue weighted by Gasteiger charge is 2.07. The van der Waals surface area contributed by atoms with Crippen LogP contribution in [0.3, 0.4) is 0 Å². The van der Waals surface area contributed by atoms with Gasteiger partial charge >= 0.3 is 0 Å². The lowest BCUT2D eigenvalue weighted by Gasteiger charge is -2.13. The Labute approximate surface area is 165 Å². The van der Waals surface area contributed by atoms with Gasteiger partial charge in [0.25, 0.3) is 5.91 Å². The summed E-state index contributed by atoms with van der Waals surface area (Å²) in [6.07, 6.45) is 1.01. The van der Waals surface area contributed by atoms with Gasteiger partial charge in [0.05, 0.1) is 7.11 Å². The van der Waals surface area contributed by atoms with Gasteiger partial charge in [0.2, 0.25) is 0 Å². The standard InChI is InChI=1S/C20H26N4O2S/c1-24(2)14-4-13-21-20(27)23-17-7-5-15(6-8-17)19(25)22-16-9-11-18(26-3)12-10-16/h5-12H,4,13-14H2,1-3H3,(H,22,25)(H2,21,23,27). The van der Waals surface area contributed by atoms with Crippen LogP contribution in [0.2, 0.25) is 0 Å². The molecule has 0 saturated heterocycles. The molecule has 0 fully saturated rings. The number of amides is 1. The Kier molecular flexibility index (Phi) is 8.03. The van der Waals surface area contributed by atoms with Gasteiger partial charge in [0.1, 0.15) is 5.75 Å². The highest BCUT2D eigenvalue weighted by molar-refractivity contribution is 7.80. The summed E-state index contributed by atoms with van der Waals surface area (Å²) in [4.78, 5) is 14.5. The highest BCUT2D eigenvalue weighted by Crippen LogP contribution is 2.16. The molecule has 0 heterocycles. The van der Waals surface area contributed by atoms with E-state index >= 15 is 0 Å². The van der Waals surface area contributed by atoms with Crippen molar-refractivity contribution < 1.29 is 9.53 Å². The van der Waals surface area contributed by atoms with Crippen molar-refractivity contribution in [2.45, 2.75) is 6.42 Å². The minimum atomic E-state index is -0.170. The number of nitrogens with one attached hydrogen (secondary N) is 3. The minimum absolute atomic E-state index is 0.170. The lowest BCUT2D eigenvalue weighted by Crippen LogP contribution is -2.30. The van der Waals surface area contributed by atoms with Gasteiger partial charge in [-0.2, -0.15) is 0 Å². The molecule has 0 unspecified atom stereocenters. The average molecular weight is 387 g/mol. The highest BCUT2D eigenvalue weighted by atomic mass is 32.1. The number of carbonyl (C=O) groups excluding carboxylic acids is 1. The number of nitrogens with zero attached hydrogens (tertiary/aromatic N) is 1. The van der Waals surface area contributed by atoms with E-state index in [1.54, 1.807) is 43.5 Å². The summed E-state index contributed by atoms with van der Waals surface area (Å²) >= 11 is 5.28. The Bertz CT molecular complexity index is 746. The van der Waals surface area contributed by atoms with Crippen molar-refractivity contribution in [3.05, 3.63) is 54.1 Å². The van der Waals surface area contributed by atoms with Gasteiger partial charge in [-0.25, -0.2) is 0 Å². The van der Waals surface area contributed by atoms with Gasteiger partial charge in [0, 0.05) is 23.5 Å². The van der Waals surface area contributed by atoms with Crippen molar-refractivity contribution in [1.82, 2.24) is 10.2 Å². The van der Waals surface area contributed by atoms with Crippen LogP contribution in [0.4, 0.5) is 11.4 Å². The van der Waals surface area contributed by atoms with Gasteiger partial charge in [-0.3, -0.25) is 4.79 Å². The van der Waals surface area contributed by atoms with Crippen LogP contribution in [0, 0.1) is 0 Å². The Morgan fingerprint density at radius 3 is 2.19 bits per heavy atom. The number of hydrogen-bond acceptors (Lipinski definition) is 4. The van der Waals surface area contributed by atoms with Gasteiger partial charge in [-0.05, 0) is 87.8 Å². The van der Waals surface area contributed by atoms with E-state index < -0.39 is 0 Å². The molecule has 0 atom stereocenters. The van der Waals surface area contributed by atoms with Crippen LogP contribution in [0.15, 0.2) is 48.5 Å². The Balaban J connectivity index is 1.82. The van der Waals surface area contributed by atoms with E-state index in [4.69, 9.17) is 17.0 Å². The van der Waals surface area contributed by atoms with Crippen LogP contribution in [0.25, 0.3) is 0 Å². The maximum Gasteiger partial charge on any atom is 0.255 e. The zero-order valence-corrected chi connectivity index (χ0v) is 16.7. The van der Waals surface area contributed by atoms with Gasteiger partial charge in [-0.1, -0.05) is 0 Å². The summed E-state index contributed by atoms with van der Waals surface area (Å²) < 4.78 is 5.11. The van der Waals surface area contributed by atoms with E-state index in [0.29, 0.717) is 16.4 Å². The second kappa shape index (κ2) is 10.5. The number of anilines is 2. The molecule has 3 N–H and O–H groups in total. The molecule has 0 aliphatic rings. The van der Waals surface area contributed by atoms with Crippen molar-refractivity contribution >= 4 is 34.6 Å². The van der Waals surface area contributed by atoms with Crippen molar-refractivity contribution in [3.8, 4) is 5.75 Å². The van der Waals surface area contributed by atoms with Crippen LogP contribution >= 0.6 is 12.2 Å². The van der Waals surface area contributed by atoms with Crippen molar-refractivity contribution in [2.24, 2.45) is 0 Å². The topological polar surface area (TPSA) is 65.6 Å². The molecule has 2 aromatic carbocycles. The van der Waals surface area contributed by atoms with Crippen molar-refractivity contribution in [3.63, 3.8) is 0 Å². The number of ether oxygens (including phenoxy) is 1. The molecule has 0 aliphatic carbocycles. The van der Waals surface area contributed by atoms with Gasteiger partial charge < -0.3 is 25.6 Å². The lowest BCUT2D eigenvalue weighted by atomic mass is 10.2. The first kappa shape index (κ1) is 20.7. The first-order chi connectivity index (χ1) is 13.0. The van der Waals surface area contributed by atoms with E-state index in [2.05, 4.69) is 20.9 Å². The summed E-state index contributed by atoms with van der Waals surface area (Å²) in [5, 5.41) is 9.72. The van der Waals surface area contributed by atoms with Crippen LogP contribution in [-0.2, 0) is 0 Å². The fourth-order valence-corrected chi connectivity index (χ4v) is 2.57. The van der Waals surface area contributed by atoms with Crippen LogP contribution in [0.1, 0.15) is 16.8 Å². The fraction of sp³-hybridized carbons (Fsp3) is 0.300. The first-order valence-electron chi connectivity index (χ1n) is 8.73. The lowest BCUT2D eigenvalue weighted by molar-refractivity contribution is 0.102. The van der Waals surface area contributed by atoms with E-state index in [1.165, 1.54) is 0 Å². The Morgan fingerprint density at radius 2 is 1.59 bits per heavy atom. The van der Waals surface area contributed by atoms with Crippen LogP contribution in [-0.4, -0.2) is 50.2 Å². The molecular formula is C20H26N4O2S. The molecule has 2 rings (SSSR count). The van der Waals surface area contributed by atoms with Crippen LogP contribution in [0.5, 0.6) is 5.75 Å². The third-order valence-corrected chi connectivity index (χ3v) is 4.07. The molecule has 2 aromatic rings. The molecule has 0 bridgehead atoms. The molecule has 0 radical (unpaired) electrons. The van der Waals surface area contributed by atoms with Gasteiger partial charge in [-0.15, -0.1) is 0 Å². The number of thiocarbonyl (C=S) groups is 1. The predicted molar refractivity (Wildman–Crippen MR) is 115 cm³/mol. The molecule has 1 amide bonds. The molecule has 0 aromatic heterocycles. The van der Waals surface area contributed by atoms with Crippen molar-refractivity contribution in [2.75, 3.05) is 44.9 Å². The monoisotopic (exact) mass is 386 g/mol. The molecule has 27 heavy (non-hydrogen) atoms. The smallest absolute Gasteiger partial charge is 0.255 e. The zero-order chi connectivity index (χ0) is 19.6. The van der Waals surface area contributed by atoms with E-state index in [9.17, 15) is 4.79 Å². The summed E-state index contributed by atoms with van der Waals surface area (Å²) in [5.41, 5.74) is 2.12. The summed E-state index contributed by atoms with van der Waals surface area (Å²) in [7, 11) is 5.69. The Hall–Kier alpha value is -2.64. The van der Waals surface area contributed by atoms with Gasteiger partial charge in [0.15, 0.2) is 5.11 Å². The molecule has 144 valence electrons. The minimum Gasteiger partial charge on any atom is -0.497 e. The van der Waals surface area contributed by atoms with Crippen LogP contribution < -0.4 is 20.7 Å². The first-order valence-corrected chi connectivity index (χ1v) is 9.14. The fourth-order valence-electron chi connectivity index (χ4n) is 2.36. The molecule has 0 spiro atoms. The number of carbonyl (C=O) groups is 1. The zero-order valence-electron chi connectivity index (χ0n) is 15.9. The maximum atomic E-state index is 12.3. The van der Waals surface area contributed by atoms with Crippen molar-refractivity contribution in [1.29, 1.82) is 0 Å².